The van der Waals surface area contributed by atoms with Crippen LogP contribution in [0.5, 0.6) is 0 Å². The van der Waals surface area contributed by atoms with Crippen molar-refractivity contribution >= 4 is 34.1 Å². The number of fused-ring (bicyclic) bond motifs is 1. The summed E-state index contributed by atoms with van der Waals surface area (Å²) in [6, 6.07) is 0. The first kappa shape index (κ1) is 19.8. The number of aryl methyl sites for hydroxylation is 1. The lowest BCUT2D eigenvalue weighted by Gasteiger charge is -2.13. The van der Waals surface area contributed by atoms with E-state index in [4.69, 9.17) is 9.47 Å². The fourth-order valence-corrected chi connectivity index (χ4v) is 4.61. The summed E-state index contributed by atoms with van der Waals surface area (Å²) < 4.78 is 10.1. The van der Waals surface area contributed by atoms with Gasteiger partial charge in [0.05, 0.1) is 18.1 Å². The predicted molar refractivity (Wildman–Crippen MR) is 102 cm³/mol. The lowest BCUT2D eigenvalue weighted by atomic mass is 9.95. The van der Waals surface area contributed by atoms with Crippen molar-refractivity contribution in [3.8, 4) is 0 Å². The quantitative estimate of drug-likeness (QED) is 0.520. The molecule has 0 aromatic carbocycles. The van der Waals surface area contributed by atoms with Crippen molar-refractivity contribution in [2.45, 2.75) is 39.0 Å². The summed E-state index contributed by atoms with van der Waals surface area (Å²) >= 11 is 1.45. The zero-order chi connectivity index (χ0) is 19.4. The summed E-state index contributed by atoms with van der Waals surface area (Å²) in [5.41, 5.74) is 1.57. The SMILES string of the molecule is COCCNC(=O)c1c(NC(=O)COC(=O)[C@H]2C[C@@H]2C)sc2c1CCCC2. The topological polar surface area (TPSA) is 93.7 Å². The van der Waals surface area contributed by atoms with Gasteiger partial charge in [-0.3, -0.25) is 14.4 Å². The third-order valence-electron chi connectivity index (χ3n) is 5.00. The third-order valence-corrected chi connectivity index (χ3v) is 6.21. The summed E-state index contributed by atoms with van der Waals surface area (Å²) in [6.07, 6.45) is 4.70. The van der Waals surface area contributed by atoms with Gasteiger partial charge in [0.1, 0.15) is 5.00 Å². The van der Waals surface area contributed by atoms with Gasteiger partial charge >= 0.3 is 5.97 Å². The lowest BCUT2D eigenvalue weighted by molar-refractivity contribution is -0.148. The molecule has 2 amide bonds. The van der Waals surface area contributed by atoms with E-state index in [2.05, 4.69) is 10.6 Å². The Balaban J connectivity index is 1.66. The average molecular weight is 394 g/mol. The van der Waals surface area contributed by atoms with E-state index < -0.39 is 5.91 Å². The molecule has 0 spiro atoms. The minimum Gasteiger partial charge on any atom is -0.455 e. The molecule has 148 valence electrons. The summed E-state index contributed by atoms with van der Waals surface area (Å²) in [7, 11) is 1.58. The molecule has 2 N–H and O–H groups in total. The summed E-state index contributed by atoms with van der Waals surface area (Å²) in [5, 5.41) is 6.15. The van der Waals surface area contributed by atoms with Crippen molar-refractivity contribution in [2.75, 3.05) is 32.2 Å². The molecular weight excluding hydrogens is 368 g/mol. The maximum atomic E-state index is 12.7. The second-order valence-corrected chi connectivity index (χ2v) is 8.24. The van der Waals surface area contributed by atoms with Gasteiger partial charge in [0.2, 0.25) is 0 Å². The fraction of sp³-hybridized carbons (Fsp3) is 0.632. The molecule has 1 fully saturated rings. The minimum absolute atomic E-state index is 0.0750. The van der Waals surface area contributed by atoms with Crippen molar-refractivity contribution < 1.29 is 23.9 Å². The van der Waals surface area contributed by atoms with Crippen LogP contribution in [0.3, 0.4) is 0 Å². The standard InChI is InChI=1S/C19H26N2O5S/c1-11-9-13(11)19(24)26-10-15(22)21-18-16(17(23)20-7-8-25-2)12-5-3-4-6-14(12)27-18/h11,13H,3-10H2,1-2H3,(H,20,23)(H,21,22)/t11-,13-/m0/s1. The van der Waals surface area contributed by atoms with E-state index in [1.54, 1.807) is 7.11 Å². The highest BCUT2D eigenvalue weighted by Crippen LogP contribution is 2.39. The largest absolute Gasteiger partial charge is 0.455 e. The second-order valence-electron chi connectivity index (χ2n) is 7.14. The number of anilines is 1. The molecule has 2 aliphatic carbocycles. The number of thiophene rings is 1. The van der Waals surface area contributed by atoms with Crippen LogP contribution in [0.25, 0.3) is 0 Å². The summed E-state index contributed by atoms with van der Waals surface area (Å²) in [4.78, 5) is 37.8. The molecule has 0 saturated heterocycles. The zero-order valence-electron chi connectivity index (χ0n) is 15.8. The van der Waals surface area contributed by atoms with E-state index in [0.717, 1.165) is 42.5 Å². The monoisotopic (exact) mass is 394 g/mol. The summed E-state index contributed by atoms with van der Waals surface area (Å²) in [6.45, 7) is 2.49. The molecule has 0 unspecified atom stereocenters. The highest BCUT2D eigenvalue weighted by atomic mass is 32.1. The Morgan fingerprint density at radius 2 is 1.96 bits per heavy atom. The number of ether oxygens (including phenoxy) is 2. The van der Waals surface area contributed by atoms with Crippen LogP contribution >= 0.6 is 11.3 Å². The molecule has 0 aliphatic heterocycles. The second kappa shape index (κ2) is 8.84. The van der Waals surface area contributed by atoms with E-state index in [0.29, 0.717) is 29.6 Å². The molecule has 3 rings (SSSR count). The average Bonchev–Trinajstić information content (AvgIpc) is 3.27. The van der Waals surface area contributed by atoms with E-state index in [9.17, 15) is 14.4 Å². The Labute approximate surface area is 162 Å². The Morgan fingerprint density at radius 3 is 2.67 bits per heavy atom. The highest BCUT2D eigenvalue weighted by Gasteiger charge is 2.40. The van der Waals surface area contributed by atoms with Crippen LogP contribution in [0.1, 0.15) is 47.0 Å². The number of methoxy groups -OCH3 is 1. The van der Waals surface area contributed by atoms with Gasteiger partial charge < -0.3 is 20.1 Å². The Kier molecular flexibility index (Phi) is 6.49. The van der Waals surface area contributed by atoms with Gasteiger partial charge in [0.15, 0.2) is 6.61 Å². The van der Waals surface area contributed by atoms with Crippen LogP contribution in [0, 0.1) is 11.8 Å². The number of nitrogens with one attached hydrogen (secondary N) is 2. The smallest absolute Gasteiger partial charge is 0.309 e. The Morgan fingerprint density at radius 1 is 1.22 bits per heavy atom. The van der Waals surface area contributed by atoms with Gasteiger partial charge in [-0.05, 0) is 43.6 Å². The van der Waals surface area contributed by atoms with Crippen LogP contribution in [-0.2, 0) is 31.9 Å². The zero-order valence-corrected chi connectivity index (χ0v) is 16.6. The molecule has 1 aromatic rings. The number of rotatable bonds is 8. The van der Waals surface area contributed by atoms with Crippen molar-refractivity contribution in [1.29, 1.82) is 0 Å². The van der Waals surface area contributed by atoms with Gasteiger partial charge in [-0.25, -0.2) is 0 Å². The van der Waals surface area contributed by atoms with Crippen molar-refractivity contribution in [3.05, 3.63) is 16.0 Å². The van der Waals surface area contributed by atoms with Gasteiger partial charge in [-0.1, -0.05) is 6.92 Å². The van der Waals surface area contributed by atoms with Crippen LogP contribution in [-0.4, -0.2) is 44.7 Å². The highest BCUT2D eigenvalue weighted by molar-refractivity contribution is 7.17. The van der Waals surface area contributed by atoms with Crippen LogP contribution in [0.15, 0.2) is 0 Å². The maximum Gasteiger partial charge on any atom is 0.309 e. The maximum absolute atomic E-state index is 12.7. The normalized spacial score (nSPS) is 20.5. The molecule has 1 saturated carbocycles. The van der Waals surface area contributed by atoms with Crippen molar-refractivity contribution in [1.82, 2.24) is 5.32 Å². The molecule has 27 heavy (non-hydrogen) atoms. The van der Waals surface area contributed by atoms with Crippen molar-refractivity contribution in [3.63, 3.8) is 0 Å². The first-order chi connectivity index (χ1) is 13.0. The van der Waals surface area contributed by atoms with Crippen molar-refractivity contribution in [2.24, 2.45) is 11.8 Å². The van der Waals surface area contributed by atoms with Crippen LogP contribution in [0.2, 0.25) is 0 Å². The number of amides is 2. The third kappa shape index (κ3) is 4.87. The number of carbonyl (C=O) groups excluding carboxylic acids is 3. The van der Waals surface area contributed by atoms with Crippen LogP contribution in [0.4, 0.5) is 5.00 Å². The predicted octanol–water partition coefficient (Wildman–Crippen LogP) is 2.14. The number of carbonyl (C=O) groups is 3. The van der Waals surface area contributed by atoms with E-state index in [1.807, 2.05) is 6.92 Å². The molecule has 0 bridgehead atoms. The minimum atomic E-state index is -0.416. The first-order valence-electron chi connectivity index (χ1n) is 9.39. The molecule has 2 atom stereocenters. The van der Waals surface area contributed by atoms with Gasteiger partial charge in [-0.15, -0.1) is 11.3 Å². The molecule has 7 nitrogen and oxygen atoms in total. The fourth-order valence-electron chi connectivity index (χ4n) is 3.31. The number of esters is 1. The molecule has 1 heterocycles. The Hall–Kier alpha value is -1.93. The Bertz CT molecular complexity index is 730. The van der Waals surface area contributed by atoms with E-state index >= 15 is 0 Å². The first-order valence-corrected chi connectivity index (χ1v) is 10.2. The van der Waals surface area contributed by atoms with E-state index in [1.165, 1.54) is 11.3 Å². The van der Waals surface area contributed by atoms with Gasteiger partial charge in [-0.2, -0.15) is 0 Å². The van der Waals surface area contributed by atoms with E-state index in [-0.39, 0.29) is 24.4 Å². The molecule has 2 aliphatic rings. The number of hydrogen-bond donors (Lipinski definition) is 2. The number of hydrogen-bond acceptors (Lipinski definition) is 6. The molecule has 0 radical (unpaired) electrons. The molecule has 8 heteroatoms. The summed E-state index contributed by atoms with van der Waals surface area (Å²) in [5.74, 6) is -0.673. The van der Waals surface area contributed by atoms with Gasteiger partial charge in [0.25, 0.3) is 11.8 Å². The van der Waals surface area contributed by atoms with Crippen LogP contribution < -0.4 is 10.6 Å². The molecular formula is C19H26N2O5S. The molecule has 1 aromatic heterocycles. The lowest BCUT2D eigenvalue weighted by Crippen LogP contribution is -2.29. The van der Waals surface area contributed by atoms with Gasteiger partial charge in [0, 0.05) is 18.5 Å².